The number of nitrogens with zero attached hydrogens (tertiary/aromatic N) is 1. The Morgan fingerprint density at radius 1 is 1.50 bits per heavy atom. The van der Waals surface area contributed by atoms with Crippen molar-refractivity contribution in [2.75, 3.05) is 6.54 Å². The Morgan fingerprint density at radius 2 is 1.92 bits per heavy atom. The first-order valence-electron chi connectivity index (χ1n) is 3.17. The predicted octanol–water partition coefficient (Wildman–Crippen LogP) is 2.18. The third-order valence-electron chi connectivity index (χ3n) is 1.17. The number of nitrogens with two attached hydrogens (primary N) is 1. The van der Waals surface area contributed by atoms with Gasteiger partial charge in [0.15, 0.2) is 0 Å². The van der Waals surface area contributed by atoms with Crippen molar-refractivity contribution in [2.45, 2.75) is 20.0 Å². The van der Waals surface area contributed by atoms with Gasteiger partial charge in [-0.05, 0) is 6.92 Å². The molecule has 0 amide bonds. The molecular weight excluding hydrogens is 284 g/mol. The molecule has 2 nitrogen and oxygen atoms in total. The highest BCUT2D eigenvalue weighted by atomic mass is 127. The Labute approximate surface area is 86.4 Å². The monoisotopic (exact) mass is 296 g/mol. The maximum absolute atomic E-state index is 11.8. The zero-order valence-corrected chi connectivity index (χ0v) is 9.18. The van der Waals surface area contributed by atoms with Crippen LogP contribution in [-0.2, 0) is 0 Å². The molecular formula is C6H12F3IN2. The molecule has 0 bridgehead atoms. The van der Waals surface area contributed by atoms with Gasteiger partial charge in [-0.25, -0.2) is 0 Å². The zero-order chi connectivity index (χ0) is 9.07. The summed E-state index contributed by atoms with van der Waals surface area (Å²) in [6.07, 6.45) is -4.17. The molecule has 74 valence electrons. The average Bonchev–Trinajstić information content (AvgIpc) is 1.80. The summed E-state index contributed by atoms with van der Waals surface area (Å²) < 4.78 is 35.4. The van der Waals surface area contributed by atoms with Gasteiger partial charge in [0.2, 0.25) is 0 Å². The molecule has 0 saturated heterocycles. The lowest BCUT2D eigenvalue weighted by Gasteiger charge is -2.12. The molecule has 6 heteroatoms. The van der Waals surface area contributed by atoms with E-state index in [1.807, 2.05) is 0 Å². The fraction of sp³-hybridized carbons (Fsp3) is 0.833. The minimum atomic E-state index is -4.17. The maximum atomic E-state index is 11.8. The van der Waals surface area contributed by atoms with E-state index in [1.54, 1.807) is 0 Å². The number of aliphatic imine (C=N–C) groups is 1. The molecule has 0 aliphatic carbocycles. The van der Waals surface area contributed by atoms with Crippen LogP contribution in [0.15, 0.2) is 4.99 Å². The summed E-state index contributed by atoms with van der Waals surface area (Å²) in [7, 11) is 0. The van der Waals surface area contributed by atoms with E-state index < -0.39 is 12.1 Å². The van der Waals surface area contributed by atoms with Crippen LogP contribution in [0.25, 0.3) is 0 Å². The van der Waals surface area contributed by atoms with Gasteiger partial charge in [0.05, 0.1) is 18.3 Å². The molecule has 0 spiro atoms. The van der Waals surface area contributed by atoms with Gasteiger partial charge in [-0.3, -0.25) is 4.99 Å². The van der Waals surface area contributed by atoms with E-state index in [9.17, 15) is 13.2 Å². The number of alkyl halides is 3. The molecule has 1 atom stereocenters. The van der Waals surface area contributed by atoms with E-state index >= 15 is 0 Å². The van der Waals surface area contributed by atoms with Gasteiger partial charge < -0.3 is 5.73 Å². The third kappa shape index (κ3) is 6.68. The summed E-state index contributed by atoms with van der Waals surface area (Å²) in [4.78, 5) is 3.47. The lowest BCUT2D eigenvalue weighted by Crippen LogP contribution is -2.23. The molecule has 0 radical (unpaired) electrons. The van der Waals surface area contributed by atoms with Crippen LogP contribution >= 0.6 is 24.0 Å². The van der Waals surface area contributed by atoms with Crippen LogP contribution in [0.2, 0.25) is 0 Å². The van der Waals surface area contributed by atoms with Crippen LogP contribution in [0.5, 0.6) is 0 Å². The maximum Gasteiger partial charge on any atom is 0.393 e. The fourth-order valence-electron chi connectivity index (χ4n) is 0.384. The van der Waals surface area contributed by atoms with Gasteiger partial charge in [-0.15, -0.1) is 24.0 Å². The lowest BCUT2D eigenvalue weighted by atomic mass is 10.2. The second-order valence-corrected chi connectivity index (χ2v) is 2.42. The van der Waals surface area contributed by atoms with E-state index in [1.165, 1.54) is 6.92 Å². The summed E-state index contributed by atoms with van der Waals surface area (Å²) in [5.41, 5.74) is 5.07. The van der Waals surface area contributed by atoms with Crippen molar-refractivity contribution in [1.82, 2.24) is 0 Å². The largest absolute Gasteiger partial charge is 0.393 e. The number of rotatable bonds is 2. The van der Waals surface area contributed by atoms with Crippen molar-refractivity contribution in [1.29, 1.82) is 0 Å². The number of halogens is 4. The summed E-state index contributed by atoms with van der Waals surface area (Å²) in [5.74, 6) is -1.23. The van der Waals surface area contributed by atoms with Crippen LogP contribution in [-0.4, -0.2) is 18.6 Å². The van der Waals surface area contributed by atoms with Crippen LogP contribution in [0, 0.1) is 5.92 Å². The van der Waals surface area contributed by atoms with Crippen molar-refractivity contribution < 1.29 is 13.2 Å². The van der Waals surface area contributed by atoms with Gasteiger partial charge >= 0.3 is 6.18 Å². The standard InChI is InChI=1S/C6H11F3N2.HI/c1-4(6(7,8)9)3-11-5(2)10;/h4H,3H2,1-2H3,(H2,10,11);1H. The Bertz CT molecular complexity index is 151. The number of hydrogen-bond acceptors (Lipinski definition) is 1. The highest BCUT2D eigenvalue weighted by Gasteiger charge is 2.35. The van der Waals surface area contributed by atoms with Crippen molar-refractivity contribution in [3.8, 4) is 0 Å². The Morgan fingerprint density at radius 3 is 2.17 bits per heavy atom. The normalized spacial score (nSPS) is 15.2. The van der Waals surface area contributed by atoms with Crippen molar-refractivity contribution in [2.24, 2.45) is 16.6 Å². The van der Waals surface area contributed by atoms with Gasteiger partial charge in [-0.2, -0.15) is 13.2 Å². The molecule has 0 aliphatic rings. The van der Waals surface area contributed by atoms with Gasteiger partial charge in [-0.1, -0.05) is 6.92 Å². The predicted molar refractivity (Wildman–Crippen MR) is 52.8 cm³/mol. The summed E-state index contributed by atoms with van der Waals surface area (Å²) in [6, 6.07) is 0. The zero-order valence-electron chi connectivity index (χ0n) is 6.85. The second kappa shape index (κ2) is 5.60. The minimum absolute atomic E-state index is 0. The van der Waals surface area contributed by atoms with Crippen LogP contribution in [0.4, 0.5) is 13.2 Å². The van der Waals surface area contributed by atoms with E-state index in [4.69, 9.17) is 5.73 Å². The topological polar surface area (TPSA) is 38.4 Å². The second-order valence-electron chi connectivity index (χ2n) is 2.42. The van der Waals surface area contributed by atoms with Crippen LogP contribution in [0.3, 0.4) is 0 Å². The molecule has 0 aromatic carbocycles. The SMILES string of the molecule is CC(N)=NCC(C)C(F)(F)F.I. The third-order valence-corrected chi connectivity index (χ3v) is 1.17. The van der Waals surface area contributed by atoms with Crippen LogP contribution in [0.1, 0.15) is 13.8 Å². The number of hydrogen-bond donors (Lipinski definition) is 1. The van der Waals surface area contributed by atoms with E-state index in [0.717, 1.165) is 6.92 Å². The van der Waals surface area contributed by atoms with Crippen molar-refractivity contribution in [3.05, 3.63) is 0 Å². The quantitative estimate of drug-likeness (QED) is 0.473. The molecule has 1 unspecified atom stereocenters. The molecule has 0 aromatic rings. The number of amidine groups is 1. The molecule has 2 N–H and O–H groups in total. The molecule has 12 heavy (non-hydrogen) atoms. The summed E-state index contributed by atoms with van der Waals surface area (Å²) in [6.45, 7) is 2.25. The average molecular weight is 296 g/mol. The lowest BCUT2D eigenvalue weighted by molar-refractivity contribution is -0.166. The summed E-state index contributed by atoms with van der Waals surface area (Å²) >= 11 is 0. The molecule has 0 rings (SSSR count). The Balaban J connectivity index is 0. The molecule has 0 fully saturated rings. The first-order valence-corrected chi connectivity index (χ1v) is 3.17. The van der Waals surface area contributed by atoms with E-state index in [-0.39, 0.29) is 36.4 Å². The summed E-state index contributed by atoms with van der Waals surface area (Å²) in [5, 5.41) is 0. The van der Waals surface area contributed by atoms with Gasteiger partial charge in [0, 0.05) is 0 Å². The highest BCUT2D eigenvalue weighted by molar-refractivity contribution is 14.0. The molecule has 0 saturated carbocycles. The Hall–Kier alpha value is -0.0100. The van der Waals surface area contributed by atoms with Crippen LogP contribution < -0.4 is 5.73 Å². The molecule has 0 aliphatic heterocycles. The Kier molecular flexibility index (Phi) is 6.78. The fourth-order valence-corrected chi connectivity index (χ4v) is 0.384. The smallest absolute Gasteiger partial charge is 0.388 e. The highest BCUT2D eigenvalue weighted by Crippen LogP contribution is 2.25. The molecule has 0 aromatic heterocycles. The minimum Gasteiger partial charge on any atom is -0.388 e. The van der Waals surface area contributed by atoms with Gasteiger partial charge in [0.1, 0.15) is 0 Å². The van der Waals surface area contributed by atoms with Gasteiger partial charge in [0.25, 0.3) is 0 Å². The van der Waals surface area contributed by atoms with E-state index in [0.29, 0.717) is 0 Å². The van der Waals surface area contributed by atoms with Crippen molar-refractivity contribution >= 4 is 29.8 Å². The van der Waals surface area contributed by atoms with Crippen molar-refractivity contribution in [3.63, 3.8) is 0 Å². The first kappa shape index (κ1) is 14.5. The van der Waals surface area contributed by atoms with E-state index in [2.05, 4.69) is 4.99 Å². The first-order chi connectivity index (χ1) is 4.84. The molecule has 0 heterocycles.